The van der Waals surface area contributed by atoms with Crippen molar-refractivity contribution in [1.82, 2.24) is 14.1 Å². The van der Waals surface area contributed by atoms with Gasteiger partial charge in [0.1, 0.15) is 4.90 Å². The highest BCUT2D eigenvalue weighted by molar-refractivity contribution is 7.89. The van der Waals surface area contributed by atoms with Crippen molar-refractivity contribution in [1.29, 1.82) is 0 Å². The Bertz CT molecular complexity index is 778. The highest BCUT2D eigenvalue weighted by atomic mass is 32.2. The summed E-state index contributed by atoms with van der Waals surface area (Å²) in [6.07, 6.45) is 6.99. The van der Waals surface area contributed by atoms with Gasteiger partial charge in [-0.25, -0.2) is 8.42 Å². The van der Waals surface area contributed by atoms with Gasteiger partial charge in [-0.05, 0) is 25.3 Å². The second-order valence-corrected chi connectivity index (χ2v) is 8.54. The van der Waals surface area contributed by atoms with E-state index in [1.54, 1.807) is 29.2 Å². The third kappa shape index (κ3) is 3.54. The maximum absolute atomic E-state index is 13.0. The predicted octanol–water partition coefficient (Wildman–Crippen LogP) is 3.19. The minimum atomic E-state index is -3.49. The minimum Gasteiger partial charge on any atom is -0.267 e. The summed E-state index contributed by atoms with van der Waals surface area (Å²) in [6.45, 7) is 2.34. The lowest BCUT2D eigenvalue weighted by atomic mass is 9.96. The lowest BCUT2D eigenvalue weighted by Gasteiger charge is -2.30. The van der Waals surface area contributed by atoms with Gasteiger partial charge >= 0.3 is 0 Å². The number of hydrogen-bond acceptors (Lipinski definition) is 3. The SMILES string of the molecule is Cc1nn(Cc2ccccc2)cc1S(=O)(=O)N(C)C1CCCCC1. The zero-order valence-electron chi connectivity index (χ0n) is 14.4. The second-order valence-electron chi connectivity index (χ2n) is 6.58. The van der Waals surface area contributed by atoms with E-state index in [4.69, 9.17) is 0 Å². The smallest absolute Gasteiger partial charge is 0.246 e. The van der Waals surface area contributed by atoms with Gasteiger partial charge in [-0.3, -0.25) is 4.68 Å². The van der Waals surface area contributed by atoms with Gasteiger partial charge in [-0.15, -0.1) is 0 Å². The Labute approximate surface area is 144 Å². The molecule has 0 aliphatic heterocycles. The summed E-state index contributed by atoms with van der Waals surface area (Å²) in [4.78, 5) is 0.325. The van der Waals surface area contributed by atoms with Gasteiger partial charge in [-0.1, -0.05) is 49.6 Å². The molecule has 1 aliphatic rings. The molecule has 0 amide bonds. The first-order valence-corrected chi connectivity index (χ1v) is 9.98. The molecular weight excluding hydrogens is 322 g/mol. The summed E-state index contributed by atoms with van der Waals surface area (Å²) in [6, 6.07) is 10.0. The van der Waals surface area contributed by atoms with Crippen molar-refractivity contribution in [2.75, 3.05) is 7.05 Å². The van der Waals surface area contributed by atoms with Crippen LogP contribution in [0.15, 0.2) is 41.4 Å². The van der Waals surface area contributed by atoms with E-state index in [1.165, 1.54) is 6.42 Å². The molecule has 1 aromatic heterocycles. The van der Waals surface area contributed by atoms with E-state index in [0.29, 0.717) is 17.1 Å². The van der Waals surface area contributed by atoms with Gasteiger partial charge in [-0.2, -0.15) is 9.40 Å². The van der Waals surface area contributed by atoms with Gasteiger partial charge in [0.05, 0.1) is 12.2 Å². The molecule has 0 radical (unpaired) electrons. The molecule has 0 N–H and O–H groups in total. The van der Waals surface area contributed by atoms with Crippen LogP contribution in [-0.2, 0) is 16.6 Å². The summed E-state index contributed by atoms with van der Waals surface area (Å²) in [5.41, 5.74) is 1.66. The Kier molecular flexibility index (Phi) is 5.06. The van der Waals surface area contributed by atoms with Crippen LogP contribution in [0.4, 0.5) is 0 Å². The molecule has 6 heteroatoms. The number of aryl methyl sites for hydroxylation is 1. The van der Waals surface area contributed by atoms with Gasteiger partial charge in [0.15, 0.2) is 0 Å². The fraction of sp³-hybridized carbons (Fsp3) is 0.500. The molecule has 130 valence electrons. The lowest BCUT2D eigenvalue weighted by molar-refractivity contribution is 0.285. The van der Waals surface area contributed by atoms with Crippen LogP contribution in [-0.4, -0.2) is 35.6 Å². The standard InChI is InChI=1S/C18H25N3O2S/c1-15-18(14-21(19-15)13-16-9-5-3-6-10-16)24(22,23)20(2)17-11-7-4-8-12-17/h3,5-6,9-10,14,17H,4,7-8,11-13H2,1-2H3. The quantitative estimate of drug-likeness (QED) is 0.835. The third-order valence-corrected chi connectivity index (χ3v) is 6.85. The summed E-state index contributed by atoms with van der Waals surface area (Å²) >= 11 is 0. The molecule has 0 saturated heterocycles. The van der Waals surface area contributed by atoms with E-state index in [0.717, 1.165) is 31.2 Å². The van der Waals surface area contributed by atoms with Crippen molar-refractivity contribution in [2.45, 2.75) is 56.5 Å². The molecule has 5 nitrogen and oxygen atoms in total. The van der Waals surface area contributed by atoms with Crippen LogP contribution >= 0.6 is 0 Å². The third-order valence-electron chi connectivity index (χ3n) is 4.83. The molecule has 0 spiro atoms. The van der Waals surface area contributed by atoms with Gasteiger partial charge in [0.2, 0.25) is 10.0 Å². The van der Waals surface area contributed by atoms with Crippen LogP contribution in [0.25, 0.3) is 0 Å². The molecule has 1 fully saturated rings. The fourth-order valence-corrected chi connectivity index (χ4v) is 4.98. The van der Waals surface area contributed by atoms with Crippen LogP contribution in [0.3, 0.4) is 0 Å². The number of hydrogen-bond donors (Lipinski definition) is 0. The zero-order chi connectivity index (χ0) is 17.2. The van der Waals surface area contributed by atoms with Crippen molar-refractivity contribution < 1.29 is 8.42 Å². The fourth-order valence-electron chi connectivity index (χ4n) is 3.40. The van der Waals surface area contributed by atoms with Crippen molar-refractivity contribution in [3.63, 3.8) is 0 Å². The van der Waals surface area contributed by atoms with Crippen LogP contribution < -0.4 is 0 Å². The number of aromatic nitrogens is 2. The number of rotatable bonds is 5. The number of sulfonamides is 1. The average Bonchev–Trinajstić information content (AvgIpc) is 2.97. The molecule has 1 heterocycles. The molecule has 2 aromatic rings. The van der Waals surface area contributed by atoms with Crippen molar-refractivity contribution in [2.24, 2.45) is 0 Å². The summed E-state index contributed by atoms with van der Waals surface area (Å²) < 4.78 is 29.3. The number of benzene rings is 1. The average molecular weight is 347 g/mol. The van der Waals surface area contributed by atoms with E-state index < -0.39 is 10.0 Å². The minimum absolute atomic E-state index is 0.112. The maximum atomic E-state index is 13.0. The van der Waals surface area contributed by atoms with E-state index in [2.05, 4.69) is 5.10 Å². The van der Waals surface area contributed by atoms with Crippen molar-refractivity contribution >= 4 is 10.0 Å². The second kappa shape index (κ2) is 7.07. The monoisotopic (exact) mass is 347 g/mol. The Morgan fingerprint density at radius 1 is 1.17 bits per heavy atom. The largest absolute Gasteiger partial charge is 0.267 e. The van der Waals surface area contributed by atoms with Gasteiger partial charge in [0.25, 0.3) is 0 Å². The topological polar surface area (TPSA) is 55.2 Å². The summed E-state index contributed by atoms with van der Waals surface area (Å²) in [5, 5.41) is 4.41. The lowest BCUT2D eigenvalue weighted by Crippen LogP contribution is -2.38. The Morgan fingerprint density at radius 2 is 1.83 bits per heavy atom. The first kappa shape index (κ1) is 17.2. The summed E-state index contributed by atoms with van der Waals surface area (Å²) in [5.74, 6) is 0. The molecule has 1 saturated carbocycles. The van der Waals surface area contributed by atoms with Crippen LogP contribution in [0.2, 0.25) is 0 Å². The van der Waals surface area contributed by atoms with Gasteiger partial charge < -0.3 is 0 Å². The van der Waals surface area contributed by atoms with E-state index >= 15 is 0 Å². The molecule has 3 rings (SSSR count). The molecular formula is C18H25N3O2S. The molecule has 0 bridgehead atoms. The first-order valence-electron chi connectivity index (χ1n) is 8.54. The highest BCUT2D eigenvalue weighted by Gasteiger charge is 2.31. The Balaban J connectivity index is 1.82. The molecule has 0 atom stereocenters. The van der Waals surface area contributed by atoms with Crippen molar-refractivity contribution in [3.8, 4) is 0 Å². The zero-order valence-corrected chi connectivity index (χ0v) is 15.2. The molecule has 24 heavy (non-hydrogen) atoms. The first-order chi connectivity index (χ1) is 11.5. The molecule has 1 aliphatic carbocycles. The molecule has 0 unspecified atom stereocenters. The van der Waals surface area contributed by atoms with E-state index in [1.807, 2.05) is 30.3 Å². The van der Waals surface area contributed by atoms with Crippen LogP contribution in [0.5, 0.6) is 0 Å². The highest BCUT2D eigenvalue weighted by Crippen LogP contribution is 2.27. The van der Waals surface area contributed by atoms with E-state index in [9.17, 15) is 8.42 Å². The maximum Gasteiger partial charge on any atom is 0.246 e. The Morgan fingerprint density at radius 3 is 2.50 bits per heavy atom. The predicted molar refractivity (Wildman–Crippen MR) is 94.3 cm³/mol. The van der Waals surface area contributed by atoms with Crippen LogP contribution in [0.1, 0.15) is 43.4 Å². The number of nitrogens with zero attached hydrogens (tertiary/aromatic N) is 3. The molecule has 1 aromatic carbocycles. The normalized spacial score (nSPS) is 16.6. The van der Waals surface area contributed by atoms with Crippen LogP contribution in [0, 0.1) is 6.92 Å². The summed E-state index contributed by atoms with van der Waals surface area (Å²) in [7, 11) is -1.78. The Hall–Kier alpha value is -1.66. The van der Waals surface area contributed by atoms with Gasteiger partial charge in [0, 0.05) is 19.3 Å². The van der Waals surface area contributed by atoms with E-state index in [-0.39, 0.29) is 6.04 Å². The van der Waals surface area contributed by atoms with Crippen molar-refractivity contribution in [3.05, 3.63) is 47.8 Å².